The molecule has 1 aliphatic heterocycles. The predicted molar refractivity (Wildman–Crippen MR) is 90.0 cm³/mol. The van der Waals surface area contributed by atoms with Crippen LogP contribution in [0.4, 0.5) is 0 Å². The number of thioether (sulfide) groups is 1. The number of furan rings is 1. The lowest BCUT2D eigenvalue weighted by Gasteiger charge is -2.20. The van der Waals surface area contributed by atoms with E-state index < -0.39 is 0 Å². The smallest absolute Gasteiger partial charge is 0.227 e. The number of rotatable bonds is 3. The van der Waals surface area contributed by atoms with Gasteiger partial charge < -0.3 is 9.32 Å². The Bertz CT molecular complexity index is 624. The number of benzene rings is 1. The van der Waals surface area contributed by atoms with Crippen LogP contribution in [0, 0.1) is 6.92 Å². The first-order valence-electron chi connectivity index (χ1n) is 7.71. The summed E-state index contributed by atoms with van der Waals surface area (Å²) in [7, 11) is 0. The van der Waals surface area contributed by atoms with Crippen LogP contribution in [0.2, 0.25) is 0 Å². The Morgan fingerprint density at radius 3 is 3.00 bits per heavy atom. The molecule has 1 aromatic carbocycles. The van der Waals surface area contributed by atoms with Gasteiger partial charge in [0.05, 0.1) is 17.9 Å². The van der Waals surface area contributed by atoms with Crippen LogP contribution in [0.3, 0.4) is 0 Å². The highest BCUT2D eigenvalue weighted by atomic mass is 32.2. The molecule has 1 fully saturated rings. The third-order valence-electron chi connectivity index (χ3n) is 3.99. The van der Waals surface area contributed by atoms with E-state index in [2.05, 4.69) is 19.1 Å². The van der Waals surface area contributed by atoms with Crippen molar-refractivity contribution in [3.05, 3.63) is 59.5 Å². The fraction of sp³-hybridized carbons (Fsp3) is 0.389. The number of hydrogen-bond donors (Lipinski definition) is 0. The highest BCUT2D eigenvalue weighted by molar-refractivity contribution is 7.99. The Balaban J connectivity index is 1.59. The number of carbonyl (C=O) groups excluding carboxylic acids is 1. The highest BCUT2D eigenvalue weighted by Crippen LogP contribution is 2.34. The van der Waals surface area contributed by atoms with Crippen molar-refractivity contribution in [3.8, 4) is 0 Å². The normalized spacial score (nSPS) is 19.0. The fourth-order valence-corrected chi connectivity index (χ4v) is 4.01. The number of hydrogen-bond acceptors (Lipinski definition) is 3. The molecule has 2 heterocycles. The summed E-state index contributed by atoms with van der Waals surface area (Å²) in [4.78, 5) is 14.5. The van der Waals surface area contributed by atoms with Gasteiger partial charge in [-0.3, -0.25) is 4.79 Å². The van der Waals surface area contributed by atoms with Crippen molar-refractivity contribution >= 4 is 17.7 Å². The molecule has 1 aromatic heterocycles. The van der Waals surface area contributed by atoms with Crippen LogP contribution in [0.5, 0.6) is 0 Å². The lowest BCUT2D eigenvalue weighted by atomic mass is 10.1. The van der Waals surface area contributed by atoms with E-state index in [1.165, 1.54) is 5.56 Å². The van der Waals surface area contributed by atoms with Crippen LogP contribution < -0.4 is 0 Å². The Kier molecular flexibility index (Phi) is 4.88. The maximum Gasteiger partial charge on any atom is 0.227 e. The molecule has 116 valence electrons. The average molecular weight is 315 g/mol. The van der Waals surface area contributed by atoms with Gasteiger partial charge in [0.25, 0.3) is 0 Å². The summed E-state index contributed by atoms with van der Waals surface area (Å²) in [5.41, 5.74) is 2.30. The monoisotopic (exact) mass is 315 g/mol. The van der Waals surface area contributed by atoms with Crippen LogP contribution in [0.15, 0.2) is 47.1 Å². The summed E-state index contributed by atoms with van der Waals surface area (Å²) in [6.07, 6.45) is 3.18. The molecular formula is C18H21NO2S. The Labute approximate surface area is 135 Å². The summed E-state index contributed by atoms with van der Waals surface area (Å²) < 4.78 is 5.51. The van der Waals surface area contributed by atoms with E-state index in [4.69, 9.17) is 4.42 Å². The van der Waals surface area contributed by atoms with Gasteiger partial charge in [0.15, 0.2) is 0 Å². The maximum atomic E-state index is 12.5. The van der Waals surface area contributed by atoms with Crippen molar-refractivity contribution in [1.82, 2.24) is 4.90 Å². The number of carbonyl (C=O) groups is 1. The largest absolute Gasteiger partial charge is 0.468 e. The van der Waals surface area contributed by atoms with Gasteiger partial charge in [-0.15, -0.1) is 11.8 Å². The van der Waals surface area contributed by atoms with Gasteiger partial charge in [-0.2, -0.15) is 0 Å². The minimum atomic E-state index is 0.228. The van der Waals surface area contributed by atoms with Crippen LogP contribution in [-0.4, -0.2) is 29.6 Å². The quantitative estimate of drug-likeness (QED) is 0.863. The zero-order chi connectivity index (χ0) is 15.4. The van der Waals surface area contributed by atoms with E-state index in [0.29, 0.717) is 11.7 Å². The second kappa shape index (κ2) is 7.05. The second-order valence-electron chi connectivity index (χ2n) is 5.71. The number of nitrogens with zero attached hydrogens (tertiary/aromatic N) is 1. The molecule has 3 nitrogen and oxygen atoms in total. The van der Waals surface area contributed by atoms with E-state index in [9.17, 15) is 4.79 Å². The summed E-state index contributed by atoms with van der Waals surface area (Å²) >= 11 is 1.88. The lowest BCUT2D eigenvalue weighted by molar-refractivity contribution is -0.130. The molecule has 4 heteroatoms. The zero-order valence-electron chi connectivity index (χ0n) is 12.8. The van der Waals surface area contributed by atoms with Gasteiger partial charge in [0.2, 0.25) is 5.91 Å². The Hall–Kier alpha value is -1.68. The first-order chi connectivity index (χ1) is 10.7. The number of amides is 1. The fourth-order valence-electron chi connectivity index (χ4n) is 2.83. The van der Waals surface area contributed by atoms with Crippen molar-refractivity contribution in [1.29, 1.82) is 0 Å². The van der Waals surface area contributed by atoms with Gasteiger partial charge in [0.1, 0.15) is 5.76 Å². The summed E-state index contributed by atoms with van der Waals surface area (Å²) in [5, 5.41) is 0.367. The van der Waals surface area contributed by atoms with Crippen LogP contribution >= 0.6 is 11.8 Å². The second-order valence-corrected chi connectivity index (χ2v) is 7.02. The standard InChI is InChI=1S/C18H21NO2S/c1-14-4-2-5-15(12-14)13-18(20)19-8-7-17(22-11-9-19)16-6-3-10-21-16/h2-6,10,12,17H,7-9,11,13H2,1H3. The maximum absolute atomic E-state index is 12.5. The van der Waals surface area contributed by atoms with Crippen molar-refractivity contribution in [2.45, 2.75) is 25.0 Å². The molecule has 1 unspecified atom stereocenters. The molecule has 0 radical (unpaired) electrons. The van der Waals surface area contributed by atoms with Gasteiger partial charge in [0, 0.05) is 18.8 Å². The van der Waals surface area contributed by atoms with Crippen LogP contribution in [-0.2, 0) is 11.2 Å². The molecular weight excluding hydrogens is 294 g/mol. The molecule has 2 aromatic rings. The first kappa shape index (κ1) is 15.2. The Morgan fingerprint density at radius 1 is 1.32 bits per heavy atom. The molecule has 0 N–H and O–H groups in total. The first-order valence-corrected chi connectivity index (χ1v) is 8.75. The van der Waals surface area contributed by atoms with Crippen LogP contribution in [0.25, 0.3) is 0 Å². The predicted octanol–water partition coefficient (Wildman–Crippen LogP) is 3.84. The molecule has 0 saturated carbocycles. The molecule has 1 atom stereocenters. The summed E-state index contributed by atoms with van der Waals surface area (Å²) in [5.74, 6) is 2.22. The van der Waals surface area contributed by atoms with E-state index in [-0.39, 0.29) is 5.91 Å². The average Bonchev–Trinajstić information content (AvgIpc) is 2.92. The molecule has 1 amide bonds. The van der Waals surface area contributed by atoms with Crippen molar-refractivity contribution in [2.24, 2.45) is 0 Å². The van der Waals surface area contributed by atoms with Crippen molar-refractivity contribution in [3.63, 3.8) is 0 Å². The molecule has 0 bridgehead atoms. The number of aryl methyl sites for hydroxylation is 1. The van der Waals surface area contributed by atoms with E-state index in [0.717, 1.165) is 36.6 Å². The minimum absolute atomic E-state index is 0.228. The SMILES string of the molecule is Cc1cccc(CC(=O)N2CCSC(c3ccco3)CC2)c1. The van der Waals surface area contributed by atoms with Gasteiger partial charge >= 0.3 is 0 Å². The van der Waals surface area contributed by atoms with Crippen LogP contribution in [0.1, 0.15) is 28.6 Å². The van der Waals surface area contributed by atoms with Crippen molar-refractivity contribution < 1.29 is 9.21 Å². The van der Waals surface area contributed by atoms with Gasteiger partial charge in [-0.05, 0) is 31.0 Å². The Morgan fingerprint density at radius 2 is 2.23 bits per heavy atom. The van der Waals surface area contributed by atoms with E-state index >= 15 is 0 Å². The lowest BCUT2D eigenvalue weighted by Crippen LogP contribution is -2.34. The highest BCUT2D eigenvalue weighted by Gasteiger charge is 2.23. The summed E-state index contributed by atoms with van der Waals surface area (Å²) in [6.45, 7) is 3.69. The molecule has 22 heavy (non-hydrogen) atoms. The van der Waals surface area contributed by atoms with E-state index in [1.54, 1.807) is 6.26 Å². The topological polar surface area (TPSA) is 33.5 Å². The van der Waals surface area contributed by atoms with Gasteiger partial charge in [-0.1, -0.05) is 29.8 Å². The molecule has 0 aliphatic carbocycles. The molecule has 3 rings (SSSR count). The zero-order valence-corrected chi connectivity index (χ0v) is 13.6. The van der Waals surface area contributed by atoms with E-state index in [1.807, 2.05) is 40.9 Å². The van der Waals surface area contributed by atoms with Crippen molar-refractivity contribution in [2.75, 3.05) is 18.8 Å². The third kappa shape index (κ3) is 3.74. The molecule has 1 saturated heterocycles. The minimum Gasteiger partial charge on any atom is -0.468 e. The summed E-state index contributed by atoms with van der Waals surface area (Å²) in [6, 6.07) is 12.2. The molecule has 1 aliphatic rings. The van der Waals surface area contributed by atoms with Gasteiger partial charge in [-0.25, -0.2) is 0 Å². The third-order valence-corrected chi connectivity index (χ3v) is 5.28. The molecule has 0 spiro atoms.